The monoisotopic (exact) mass is 344 g/mol. The summed E-state index contributed by atoms with van der Waals surface area (Å²) < 4.78 is 33.4. The molecule has 0 aliphatic carbocycles. The van der Waals surface area contributed by atoms with Crippen LogP contribution in [0.1, 0.15) is 15.9 Å². The minimum absolute atomic E-state index is 0.0902. The minimum Gasteiger partial charge on any atom is -0.481 e. The van der Waals surface area contributed by atoms with Gasteiger partial charge in [0.2, 0.25) is 11.8 Å². The second-order valence-corrected chi connectivity index (χ2v) is 4.54. The number of pyridine rings is 1. The second-order valence-electron chi connectivity index (χ2n) is 4.13. The summed E-state index contributed by atoms with van der Waals surface area (Å²) in [4.78, 5) is 23.3. The molecule has 1 amide bonds. The van der Waals surface area contributed by atoms with E-state index in [0.29, 0.717) is 11.4 Å². The predicted octanol–water partition coefficient (Wildman–Crippen LogP) is 2.06. The van der Waals surface area contributed by atoms with Crippen molar-refractivity contribution in [2.75, 3.05) is 7.11 Å². The molecule has 122 valence electrons. The molecule has 0 aromatic carbocycles. The quantitative estimate of drug-likeness (QED) is 0.863. The lowest BCUT2D eigenvalue weighted by atomic mass is 10.2. The van der Waals surface area contributed by atoms with E-state index < -0.39 is 18.4 Å². The van der Waals surface area contributed by atoms with E-state index in [2.05, 4.69) is 25.0 Å². The maximum absolute atomic E-state index is 12.1. The van der Waals surface area contributed by atoms with Gasteiger partial charge < -0.3 is 14.8 Å². The minimum atomic E-state index is -3.05. The molecule has 0 unspecified atom stereocenters. The Morgan fingerprint density at radius 2 is 2.13 bits per heavy atom. The number of ether oxygens (including phenoxy) is 2. The lowest BCUT2D eigenvalue weighted by molar-refractivity contribution is -0.0527. The normalized spacial score (nSPS) is 10.5. The number of halogens is 3. The van der Waals surface area contributed by atoms with Crippen molar-refractivity contribution in [3.8, 4) is 11.8 Å². The van der Waals surface area contributed by atoms with Crippen molar-refractivity contribution in [3.05, 3.63) is 40.9 Å². The maximum Gasteiger partial charge on any atom is 0.388 e. The molecule has 2 rings (SSSR count). The number of nitrogens with zero attached hydrogens (tertiary/aromatic N) is 3. The van der Waals surface area contributed by atoms with Gasteiger partial charge in [-0.05, 0) is 6.07 Å². The number of methoxy groups -OCH3 is 1. The molecule has 0 radical (unpaired) electrons. The zero-order chi connectivity index (χ0) is 16.8. The predicted molar refractivity (Wildman–Crippen MR) is 75.6 cm³/mol. The van der Waals surface area contributed by atoms with Gasteiger partial charge in [0.25, 0.3) is 5.91 Å². The van der Waals surface area contributed by atoms with Crippen LogP contribution in [0.2, 0.25) is 5.02 Å². The van der Waals surface area contributed by atoms with E-state index in [0.717, 1.165) is 6.20 Å². The van der Waals surface area contributed by atoms with Crippen LogP contribution < -0.4 is 14.8 Å². The number of rotatable bonds is 6. The van der Waals surface area contributed by atoms with Crippen LogP contribution in [0.3, 0.4) is 0 Å². The van der Waals surface area contributed by atoms with Crippen LogP contribution in [0.15, 0.2) is 24.8 Å². The number of carbonyl (C=O) groups is 1. The molecule has 0 fully saturated rings. The number of hydrogen-bond donors (Lipinski definition) is 1. The molecule has 2 heterocycles. The van der Waals surface area contributed by atoms with Gasteiger partial charge in [0.15, 0.2) is 0 Å². The number of nitrogens with one attached hydrogen (secondary N) is 1. The SMILES string of the molecule is COc1ncncc1CNC(=O)c1cnc(OC(F)F)c(Cl)c1. The third-order valence-electron chi connectivity index (χ3n) is 2.65. The van der Waals surface area contributed by atoms with E-state index in [1.165, 1.54) is 25.7 Å². The van der Waals surface area contributed by atoms with Gasteiger partial charge in [0, 0.05) is 18.9 Å². The van der Waals surface area contributed by atoms with Gasteiger partial charge in [-0.2, -0.15) is 8.78 Å². The van der Waals surface area contributed by atoms with E-state index in [1.54, 1.807) is 0 Å². The smallest absolute Gasteiger partial charge is 0.388 e. The van der Waals surface area contributed by atoms with Gasteiger partial charge in [-0.25, -0.2) is 15.0 Å². The summed E-state index contributed by atoms with van der Waals surface area (Å²) in [6.45, 7) is -2.94. The van der Waals surface area contributed by atoms with Crippen LogP contribution in [0.4, 0.5) is 8.78 Å². The van der Waals surface area contributed by atoms with Crippen LogP contribution in [0.5, 0.6) is 11.8 Å². The highest BCUT2D eigenvalue weighted by molar-refractivity contribution is 6.32. The molecule has 2 aromatic heterocycles. The van der Waals surface area contributed by atoms with E-state index in [9.17, 15) is 13.6 Å². The summed E-state index contributed by atoms with van der Waals surface area (Å²) in [6.07, 6.45) is 3.89. The van der Waals surface area contributed by atoms with Gasteiger partial charge in [0.1, 0.15) is 11.3 Å². The number of hydrogen-bond acceptors (Lipinski definition) is 6. The third kappa shape index (κ3) is 4.46. The fourth-order valence-electron chi connectivity index (χ4n) is 1.65. The van der Waals surface area contributed by atoms with Gasteiger partial charge in [-0.1, -0.05) is 11.6 Å². The second kappa shape index (κ2) is 7.63. The number of carbonyl (C=O) groups excluding carboxylic acids is 1. The first kappa shape index (κ1) is 16.8. The molecule has 1 N–H and O–H groups in total. The Morgan fingerprint density at radius 1 is 1.35 bits per heavy atom. The largest absolute Gasteiger partial charge is 0.481 e. The van der Waals surface area contributed by atoms with Gasteiger partial charge >= 0.3 is 6.61 Å². The van der Waals surface area contributed by atoms with Crippen molar-refractivity contribution in [3.63, 3.8) is 0 Å². The van der Waals surface area contributed by atoms with Gasteiger partial charge in [-0.3, -0.25) is 4.79 Å². The average Bonchev–Trinajstić information content (AvgIpc) is 2.54. The lowest BCUT2D eigenvalue weighted by Crippen LogP contribution is -2.23. The standard InChI is InChI=1S/C13H11ClF2N4O3/c1-22-11-8(3-17-6-20-11)5-18-10(21)7-2-9(14)12(19-4-7)23-13(15)16/h2-4,6,13H,5H2,1H3,(H,18,21). The van der Waals surface area contributed by atoms with Gasteiger partial charge in [0.05, 0.1) is 18.2 Å². The fraction of sp³-hybridized carbons (Fsp3) is 0.231. The molecule has 0 aliphatic heterocycles. The van der Waals surface area contributed by atoms with Crippen LogP contribution in [0, 0.1) is 0 Å². The molecule has 0 spiro atoms. The van der Waals surface area contributed by atoms with Crippen LogP contribution in [0.25, 0.3) is 0 Å². The van der Waals surface area contributed by atoms with Crippen molar-refractivity contribution < 1.29 is 23.0 Å². The molecule has 0 atom stereocenters. The Labute approximate surface area is 134 Å². The Morgan fingerprint density at radius 3 is 2.78 bits per heavy atom. The van der Waals surface area contributed by atoms with Crippen molar-refractivity contribution in [1.82, 2.24) is 20.3 Å². The van der Waals surface area contributed by atoms with Crippen molar-refractivity contribution in [2.24, 2.45) is 0 Å². The number of amides is 1. The summed E-state index contributed by atoms with van der Waals surface area (Å²) in [6, 6.07) is 1.18. The Hall–Kier alpha value is -2.55. The zero-order valence-electron chi connectivity index (χ0n) is 11.8. The van der Waals surface area contributed by atoms with E-state index in [1.807, 2.05) is 0 Å². The van der Waals surface area contributed by atoms with E-state index >= 15 is 0 Å². The Bertz CT molecular complexity index is 703. The molecule has 23 heavy (non-hydrogen) atoms. The first-order valence-electron chi connectivity index (χ1n) is 6.22. The molecule has 2 aromatic rings. The third-order valence-corrected chi connectivity index (χ3v) is 2.92. The zero-order valence-corrected chi connectivity index (χ0v) is 12.6. The number of alkyl halides is 2. The molecular formula is C13H11ClF2N4O3. The highest BCUT2D eigenvalue weighted by atomic mass is 35.5. The van der Waals surface area contributed by atoms with Gasteiger partial charge in [-0.15, -0.1) is 0 Å². The summed E-state index contributed by atoms with van der Waals surface area (Å²) in [5.74, 6) is -0.623. The summed E-state index contributed by atoms with van der Waals surface area (Å²) in [5.41, 5.74) is 0.660. The molecule has 0 bridgehead atoms. The fourth-order valence-corrected chi connectivity index (χ4v) is 1.86. The topological polar surface area (TPSA) is 86.2 Å². The number of aromatic nitrogens is 3. The summed E-state index contributed by atoms with van der Waals surface area (Å²) in [7, 11) is 1.44. The Balaban J connectivity index is 2.05. The van der Waals surface area contributed by atoms with Crippen LogP contribution in [-0.2, 0) is 6.54 Å². The van der Waals surface area contributed by atoms with E-state index in [-0.39, 0.29) is 17.1 Å². The average molecular weight is 345 g/mol. The summed E-state index contributed by atoms with van der Waals surface area (Å²) in [5, 5.41) is 2.40. The van der Waals surface area contributed by atoms with Crippen LogP contribution >= 0.6 is 11.6 Å². The Kier molecular flexibility index (Phi) is 5.58. The highest BCUT2D eigenvalue weighted by Crippen LogP contribution is 2.24. The van der Waals surface area contributed by atoms with Crippen molar-refractivity contribution in [1.29, 1.82) is 0 Å². The first-order chi connectivity index (χ1) is 11.0. The van der Waals surface area contributed by atoms with E-state index in [4.69, 9.17) is 16.3 Å². The highest BCUT2D eigenvalue weighted by Gasteiger charge is 2.14. The molecular weight excluding hydrogens is 334 g/mol. The maximum atomic E-state index is 12.1. The molecule has 10 heteroatoms. The summed E-state index contributed by atoms with van der Waals surface area (Å²) >= 11 is 5.74. The first-order valence-corrected chi connectivity index (χ1v) is 6.60. The lowest BCUT2D eigenvalue weighted by Gasteiger charge is -2.09. The van der Waals surface area contributed by atoms with Crippen LogP contribution in [-0.4, -0.2) is 34.6 Å². The van der Waals surface area contributed by atoms with Crippen molar-refractivity contribution >= 4 is 17.5 Å². The molecule has 0 saturated heterocycles. The molecule has 0 saturated carbocycles. The van der Waals surface area contributed by atoms with Crippen molar-refractivity contribution in [2.45, 2.75) is 13.2 Å². The molecule has 7 nitrogen and oxygen atoms in total. The molecule has 0 aliphatic rings.